The molecular formula is C13H15N3O2. The van der Waals surface area contributed by atoms with Crippen molar-refractivity contribution in [3.63, 3.8) is 0 Å². The summed E-state index contributed by atoms with van der Waals surface area (Å²) in [7, 11) is 0. The zero-order valence-corrected chi connectivity index (χ0v) is 10.3. The van der Waals surface area contributed by atoms with Crippen LogP contribution in [0.3, 0.4) is 0 Å². The zero-order valence-electron chi connectivity index (χ0n) is 10.3. The van der Waals surface area contributed by atoms with Gasteiger partial charge in [0.25, 0.3) is 0 Å². The Morgan fingerprint density at radius 1 is 1.56 bits per heavy atom. The van der Waals surface area contributed by atoms with Gasteiger partial charge in [0.1, 0.15) is 6.54 Å². The highest BCUT2D eigenvalue weighted by Crippen LogP contribution is 2.38. The second kappa shape index (κ2) is 4.40. The van der Waals surface area contributed by atoms with Crippen LogP contribution in [0.15, 0.2) is 23.0 Å². The minimum absolute atomic E-state index is 0.151. The number of carbonyl (C=O) groups excluding carboxylic acids is 1. The normalized spacial score (nSPS) is 14.9. The largest absolute Gasteiger partial charge is 0.344 e. The third kappa shape index (κ3) is 2.20. The Balaban J connectivity index is 1.71. The summed E-state index contributed by atoms with van der Waals surface area (Å²) in [4.78, 5) is 15.9. The van der Waals surface area contributed by atoms with Crippen LogP contribution in [0.25, 0.3) is 0 Å². The first-order valence-electron chi connectivity index (χ1n) is 6.27. The summed E-state index contributed by atoms with van der Waals surface area (Å²) in [6.07, 6.45) is 6.54. The minimum atomic E-state index is 0.151. The molecule has 0 aliphatic heterocycles. The first kappa shape index (κ1) is 11.2. The van der Waals surface area contributed by atoms with Crippen molar-refractivity contribution >= 4 is 5.78 Å². The first-order chi connectivity index (χ1) is 8.76. The Labute approximate surface area is 105 Å². The van der Waals surface area contributed by atoms with E-state index in [1.54, 1.807) is 0 Å². The molecule has 5 nitrogen and oxygen atoms in total. The fourth-order valence-electron chi connectivity index (χ4n) is 1.90. The summed E-state index contributed by atoms with van der Waals surface area (Å²) >= 11 is 0. The minimum Gasteiger partial charge on any atom is -0.344 e. The van der Waals surface area contributed by atoms with Crippen LogP contribution >= 0.6 is 0 Å². The van der Waals surface area contributed by atoms with E-state index < -0.39 is 0 Å². The highest BCUT2D eigenvalue weighted by molar-refractivity contribution is 5.95. The lowest BCUT2D eigenvalue weighted by Crippen LogP contribution is -1.98. The lowest BCUT2D eigenvalue weighted by atomic mass is 10.2. The molecule has 0 radical (unpaired) electrons. The van der Waals surface area contributed by atoms with Gasteiger partial charge in [-0.1, -0.05) is 12.1 Å². The molecule has 0 N–H and O–H groups in total. The third-order valence-corrected chi connectivity index (χ3v) is 3.14. The highest BCUT2D eigenvalue weighted by Gasteiger charge is 2.28. The van der Waals surface area contributed by atoms with Gasteiger partial charge >= 0.3 is 0 Å². The van der Waals surface area contributed by atoms with Crippen LogP contribution in [-0.2, 0) is 6.54 Å². The van der Waals surface area contributed by atoms with E-state index in [1.807, 2.05) is 30.0 Å². The number of carbonyl (C=O) groups is 1. The number of nitrogens with zero attached hydrogens (tertiary/aromatic N) is 3. The van der Waals surface area contributed by atoms with Gasteiger partial charge in [0.15, 0.2) is 11.6 Å². The maximum absolute atomic E-state index is 11.5. The van der Waals surface area contributed by atoms with Gasteiger partial charge < -0.3 is 9.09 Å². The van der Waals surface area contributed by atoms with Crippen LogP contribution in [0.2, 0.25) is 0 Å². The van der Waals surface area contributed by atoms with Crippen molar-refractivity contribution < 1.29 is 9.32 Å². The summed E-state index contributed by atoms with van der Waals surface area (Å²) < 4.78 is 7.09. The van der Waals surface area contributed by atoms with E-state index in [1.165, 1.54) is 0 Å². The fraction of sp³-hybridized carbons (Fsp3) is 0.462. The molecular weight excluding hydrogens is 230 g/mol. The zero-order chi connectivity index (χ0) is 12.5. The van der Waals surface area contributed by atoms with E-state index in [-0.39, 0.29) is 5.78 Å². The number of rotatable bonds is 5. The second-order valence-corrected chi connectivity index (χ2v) is 4.67. The van der Waals surface area contributed by atoms with E-state index in [0.29, 0.717) is 24.8 Å². The van der Waals surface area contributed by atoms with Crippen molar-refractivity contribution in [1.29, 1.82) is 0 Å². The van der Waals surface area contributed by atoms with Crippen molar-refractivity contribution in [3.05, 3.63) is 35.7 Å². The smallest absolute Gasteiger partial charge is 0.246 e. The monoisotopic (exact) mass is 245 g/mol. The SMILES string of the molecule is CCC(=O)c1ccn(Cc2nc(C3CC3)no2)c1. The van der Waals surface area contributed by atoms with Gasteiger partial charge in [-0.2, -0.15) is 4.98 Å². The van der Waals surface area contributed by atoms with Crippen LogP contribution in [0.5, 0.6) is 0 Å². The molecule has 5 heteroatoms. The fourth-order valence-corrected chi connectivity index (χ4v) is 1.90. The van der Waals surface area contributed by atoms with Gasteiger partial charge in [-0.15, -0.1) is 0 Å². The van der Waals surface area contributed by atoms with E-state index in [4.69, 9.17) is 4.52 Å². The molecule has 2 aromatic rings. The standard InChI is InChI=1S/C13H15N3O2/c1-2-11(17)10-5-6-16(7-10)8-12-14-13(15-18-12)9-3-4-9/h5-7,9H,2-4,8H2,1H3. The Hall–Kier alpha value is -1.91. The summed E-state index contributed by atoms with van der Waals surface area (Å²) in [5, 5.41) is 3.97. The van der Waals surface area contributed by atoms with Crippen LogP contribution in [0.1, 0.15) is 54.2 Å². The average molecular weight is 245 g/mol. The van der Waals surface area contributed by atoms with Gasteiger partial charge in [0.05, 0.1) is 0 Å². The lowest BCUT2D eigenvalue weighted by Gasteiger charge is -1.96. The maximum atomic E-state index is 11.5. The highest BCUT2D eigenvalue weighted by atomic mass is 16.5. The predicted octanol–water partition coefficient (Wildman–Crippen LogP) is 2.39. The van der Waals surface area contributed by atoms with Crippen LogP contribution in [0.4, 0.5) is 0 Å². The molecule has 1 saturated carbocycles. The van der Waals surface area contributed by atoms with Gasteiger partial charge in [-0.25, -0.2) is 0 Å². The summed E-state index contributed by atoms with van der Waals surface area (Å²) in [5.74, 6) is 2.08. The van der Waals surface area contributed by atoms with E-state index in [2.05, 4.69) is 10.1 Å². The second-order valence-electron chi connectivity index (χ2n) is 4.67. The molecule has 2 heterocycles. The molecule has 1 aliphatic carbocycles. The summed E-state index contributed by atoms with van der Waals surface area (Å²) in [6, 6.07) is 1.82. The number of aromatic nitrogens is 3. The molecule has 1 fully saturated rings. The van der Waals surface area contributed by atoms with Gasteiger partial charge in [0, 0.05) is 30.3 Å². The van der Waals surface area contributed by atoms with Gasteiger partial charge in [-0.3, -0.25) is 4.79 Å². The molecule has 1 aliphatic rings. The summed E-state index contributed by atoms with van der Waals surface area (Å²) in [5.41, 5.74) is 0.736. The van der Waals surface area contributed by atoms with Crippen molar-refractivity contribution in [1.82, 2.24) is 14.7 Å². The third-order valence-electron chi connectivity index (χ3n) is 3.14. The first-order valence-corrected chi connectivity index (χ1v) is 6.27. The predicted molar refractivity (Wildman–Crippen MR) is 64.4 cm³/mol. The molecule has 0 unspecified atom stereocenters. The van der Waals surface area contributed by atoms with E-state index in [9.17, 15) is 4.79 Å². The molecule has 3 rings (SSSR count). The molecule has 0 amide bonds. The molecule has 18 heavy (non-hydrogen) atoms. The molecule has 0 aromatic carbocycles. The molecule has 0 saturated heterocycles. The van der Waals surface area contributed by atoms with Crippen LogP contribution in [0, 0.1) is 0 Å². The Morgan fingerprint density at radius 3 is 3.11 bits per heavy atom. The van der Waals surface area contributed by atoms with Crippen molar-refractivity contribution in [2.45, 2.75) is 38.6 Å². The van der Waals surface area contributed by atoms with Gasteiger partial charge in [0.2, 0.25) is 5.89 Å². The molecule has 94 valence electrons. The Bertz CT molecular complexity index is 566. The molecule has 0 spiro atoms. The molecule has 0 bridgehead atoms. The molecule has 0 atom stereocenters. The number of hydrogen-bond acceptors (Lipinski definition) is 4. The van der Waals surface area contributed by atoms with Crippen molar-refractivity contribution in [2.24, 2.45) is 0 Å². The quantitative estimate of drug-likeness (QED) is 0.759. The topological polar surface area (TPSA) is 60.9 Å². The van der Waals surface area contributed by atoms with E-state index >= 15 is 0 Å². The lowest BCUT2D eigenvalue weighted by molar-refractivity contribution is 0.0988. The number of ketones is 1. The Kier molecular flexibility index (Phi) is 2.74. The number of Topliss-reactive ketones (excluding diaryl/α,β-unsaturated/α-hetero) is 1. The van der Waals surface area contributed by atoms with Crippen molar-refractivity contribution in [2.75, 3.05) is 0 Å². The Morgan fingerprint density at radius 2 is 2.39 bits per heavy atom. The van der Waals surface area contributed by atoms with Gasteiger partial charge in [-0.05, 0) is 18.9 Å². The van der Waals surface area contributed by atoms with Crippen LogP contribution < -0.4 is 0 Å². The summed E-state index contributed by atoms with van der Waals surface area (Å²) in [6.45, 7) is 2.39. The van der Waals surface area contributed by atoms with Crippen LogP contribution in [-0.4, -0.2) is 20.5 Å². The number of hydrogen-bond donors (Lipinski definition) is 0. The van der Waals surface area contributed by atoms with Crippen molar-refractivity contribution in [3.8, 4) is 0 Å². The van der Waals surface area contributed by atoms with E-state index in [0.717, 1.165) is 24.2 Å². The molecule has 2 aromatic heterocycles. The maximum Gasteiger partial charge on any atom is 0.246 e. The average Bonchev–Trinajstić information content (AvgIpc) is 2.96.